The number of ether oxygens (including phenoxy) is 1. The van der Waals surface area contributed by atoms with E-state index in [2.05, 4.69) is 15.5 Å². The SMILES string of the molecule is Cc1ncc(CO)c(/C=N/NC(=O)COc2ccccc2[N+](=O)[O-])c1O. The Kier molecular flexibility index (Phi) is 6.17. The molecule has 2 aromatic rings. The van der Waals surface area contributed by atoms with Gasteiger partial charge in [0, 0.05) is 23.4 Å². The zero-order chi connectivity index (χ0) is 19.1. The molecule has 0 aliphatic heterocycles. The van der Waals surface area contributed by atoms with Crippen LogP contribution in [0.25, 0.3) is 0 Å². The maximum atomic E-state index is 11.8. The van der Waals surface area contributed by atoms with Crippen molar-refractivity contribution in [2.45, 2.75) is 13.5 Å². The molecule has 0 aliphatic rings. The molecule has 0 atom stereocenters. The Balaban J connectivity index is 1.99. The minimum Gasteiger partial charge on any atom is -0.505 e. The Morgan fingerprint density at radius 1 is 1.46 bits per heavy atom. The smallest absolute Gasteiger partial charge is 0.310 e. The first kappa shape index (κ1) is 18.8. The highest BCUT2D eigenvalue weighted by Gasteiger charge is 2.15. The normalized spacial score (nSPS) is 10.7. The van der Waals surface area contributed by atoms with Gasteiger partial charge in [0.05, 0.1) is 23.4 Å². The highest BCUT2D eigenvalue weighted by molar-refractivity contribution is 5.87. The third-order valence-electron chi connectivity index (χ3n) is 3.33. The van der Waals surface area contributed by atoms with Gasteiger partial charge >= 0.3 is 5.69 Å². The number of para-hydroxylation sites is 2. The Morgan fingerprint density at radius 3 is 2.88 bits per heavy atom. The molecule has 3 N–H and O–H groups in total. The van der Waals surface area contributed by atoms with Crippen LogP contribution in [0.4, 0.5) is 5.69 Å². The molecule has 26 heavy (non-hydrogen) atoms. The third-order valence-corrected chi connectivity index (χ3v) is 3.33. The summed E-state index contributed by atoms with van der Waals surface area (Å²) in [5, 5.41) is 33.7. The maximum absolute atomic E-state index is 11.8. The van der Waals surface area contributed by atoms with Crippen molar-refractivity contribution in [1.82, 2.24) is 10.4 Å². The van der Waals surface area contributed by atoms with Crippen LogP contribution in [0.5, 0.6) is 11.5 Å². The summed E-state index contributed by atoms with van der Waals surface area (Å²) in [6.07, 6.45) is 2.55. The second kappa shape index (κ2) is 8.53. The van der Waals surface area contributed by atoms with E-state index in [0.29, 0.717) is 11.3 Å². The molecule has 0 aliphatic carbocycles. The van der Waals surface area contributed by atoms with Gasteiger partial charge in [-0.2, -0.15) is 5.10 Å². The number of carbonyl (C=O) groups is 1. The molecule has 1 heterocycles. The van der Waals surface area contributed by atoms with Crippen molar-refractivity contribution in [3.63, 3.8) is 0 Å². The number of pyridine rings is 1. The minimum atomic E-state index is -0.657. The lowest BCUT2D eigenvalue weighted by atomic mass is 10.1. The van der Waals surface area contributed by atoms with Crippen LogP contribution in [-0.2, 0) is 11.4 Å². The number of aromatic hydroxyl groups is 1. The van der Waals surface area contributed by atoms with Gasteiger partial charge in [0.1, 0.15) is 5.75 Å². The van der Waals surface area contributed by atoms with Crippen molar-refractivity contribution < 1.29 is 24.7 Å². The number of amides is 1. The molecule has 0 saturated carbocycles. The van der Waals surface area contributed by atoms with E-state index in [1.54, 1.807) is 13.0 Å². The number of nitrogens with one attached hydrogen (secondary N) is 1. The van der Waals surface area contributed by atoms with Gasteiger partial charge in [-0.05, 0) is 13.0 Å². The largest absolute Gasteiger partial charge is 0.505 e. The van der Waals surface area contributed by atoms with E-state index in [0.717, 1.165) is 0 Å². The average Bonchev–Trinajstić information content (AvgIpc) is 2.63. The molecule has 1 amide bonds. The second-order valence-corrected chi connectivity index (χ2v) is 5.10. The topological polar surface area (TPSA) is 147 Å². The molecule has 0 bridgehead atoms. The first-order valence-electron chi connectivity index (χ1n) is 7.40. The number of aromatic nitrogens is 1. The molecular formula is C16H16N4O6. The molecule has 136 valence electrons. The molecule has 2 rings (SSSR count). The summed E-state index contributed by atoms with van der Waals surface area (Å²) >= 11 is 0. The number of aliphatic hydroxyl groups is 1. The molecule has 1 aromatic heterocycles. The van der Waals surface area contributed by atoms with Crippen LogP contribution in [0.2, 0.25) is 0 Å². The quantitative estimate of drug-likeness (QED) is 0.379. The number of hydrogen-bond acceptors (Lipinski definition) is 8. The molecule has 0 unspecified atom stereocenters. The van der Waals surface area contributed by atoms with Gasteiger partial charge in [-0.25, -0.2) is 5.43 Å². The zero-order valence-electron chi connectivity index (χ0n) is 13.7. The van der Waals surface area contributed by atoms with Gasteiger partial charge < -0.3 is 14.9 Å². The number of nitro benzene ring substituents is 1. The molecule has 0 radical (unpaired) electrons. The lowest BCUT2D eigenvalue weighted by Gasteiger charge is -2.07. The number of aryl methyl sites for hydroxylation is 1. The highest BCUT2D eigenvalue weighted by atomic mass is 16.6. The van der Waals surface area contributed by atoms with Crippen molar-refractivity contribution in [3.8, 4) is 11.5 Å². The van der Waals surface area contributed by atoms with E-state index in [1.165, 1.54) is 30.6 Å². The fourth-order valence-electron chi connectivity index (χ4n) is 2.00. The summed E-state index contributed by atoms with van der Waals surface area (Å²) in [4.78, 5) is 25.9. The number of rotatable bonds is 7. The number of benzene rings is 1. The van der Waals surface area contributed by atoms with Crippen molar-refractivity contribution >= 4 is 17.8 Å². The predicted molar refractivity (Wildman–Crippen MR) is 90.9 cm³/mol. The molecule has 1 aromatic carbocycles. The van der Waals surface area contributed by atoms with Gasteiger partial charge in [-0.15, -0.1) is 0 Å². The number of nitro groups is 1. The Bertz CT molecular complexity index is 853. The Labute approximate surface area is 147 Å². The van der Waals surface area contributed by atoms with Crippen LogP contribution >= 0.6 is 0 Å². The fourth-order valence-corrected chi connectivity index (χ4v) is 2.00. The highest BCUT2D eigenvalue weighted by Crippen LogP contribution is 2.25. The Morgan fingerprint density at radius 2 is 2.19 bits per heavy atom. The van der Waals surface area contributed by atoms with Crippen LogP contribution in [0.1, 0.15) is 16.8 Å². The fraction of sp³-hybridized carbons (Fsp3) is 0.188. The van der Waals surface area contributed by atoms with Gasteiger partial charge in [0.15, 0.2) is 12.4 Å². The molecule has 10 nitrogen and oxygen atoms in total. The van der Waals surface area contributed by atoms with Crippen LogP contribution in [0, 0.1) is 17.0 Å². The van der Waals surface area contributed by atoms with Crippen LogP contribution in [-0.4, -0.2) is 38.8 Å². The van der Waals surface area contributed by atoms with Crippen molar-refractivity contribution in [1.29, 1.82) is 0 Å². The van der Waals surface area contributed by atoms with Crippen LogP contribution < -0.4 is 10.2 Å². The van der Waals surface area contributed by atoms with Crippen molar-refractivity contribution in [2.75, 3.05) is 6.61 Å². The van der Waals surface area contributed by atoms with Crippen LogP contribution in [0.3, 0.4) is 0 Å². The van der Waals surface area contributed by atoms with E-state index >= 15 is 0 Å². The lowest BCUT2D eigenvalue weighted by molar-refractivity contribution is -0.385. The first-order chi connectivity index (χ1) is 12.4. The summed E-state index contributed by atoms with van der Waals surface area (Å²) in [5.74, 6) is -0.859. The number of aliphatic hydroxyl groups excluding tert-OH is 1. The number of nitrogens with zero attached hydrogens (tertiary/aromatic N) is 3. The summed E-state index contributed by atoms with van der Waals surface area (Å²) in [6, 6.07) is 5.66. The molecular weight excluding hydrogens is 344 g/mol. The number of hydrogen-bond donors (Lipinski definition) is 3. The standard InChI is InChI=1S/C16H16N4O6/c1-10-16(23)12(11(8-21)6-17-10)7-18-19-15(22)9-26-14-5-3-2-4-13(14)20(24)25/h2-7,21,23H,8-9H2,1H3,(H,19,22)/b18-7+. The van der Waals surface area contributed by atoms with E-state index in [9.17, 15) is 25.1 Å². The third kappa shape index (κ3) is 4.51. The lowest BCUT2D eigenvalue weighted by Crippen LogP contribution is -2.24. The van der Waals surface area contributed by atoms with Crippen LogP contribution in [0.15, 0.2) is 35.6 Å². The first-order valence-corrected chi connectivity index (χ1v) is 7.40. The number of carbonyl (C=O) groups excluding carboxylic acids is 1. The minimum absolute atomic E-state index is 0.0402. The van der Waals surface area contributed by atoms with E-state index in [-0.39, 0.29) is 29.4 Å². The van der Waals surface area contributed by atoms with E-state index in [4.69, 9.17) is 4.74 Å². The summed E-state index contributed by atoms with van der Waals surface area (Å²) in [5.41, 5.74) is 2.81. The molecule has 0 fully saturated rings. The molecule has 10 heteroatoms. The maximum Gasteiger partial charge on any atom is 0.310 e. The monoisotopic (exact) mass is 360 g/mol. The second-order valence-electron chi connectivity index (χ2n) is 5.10. The summed E-state index contributed by atoms with van der Waals surface area (Å²) < 4.78 is 5.12. The molecule has 0 saturated heterocycles. The van der Waals surface area contributed by atoms with Crippen molar-refractivity contribution in [3.05, 3.63) is 57.4 Å². The Hall–Kier alpha value is -3.53. The van der Waals surface area contributed by atoms with E-state index < -0.39 is 17.4 Å². The van der Waals surface area contributed by atoms with Gasteiger partial charge in [0.2, 0.25) is 0 Å². The summed E-state index contributed by atoms with van der Waals surface area (Å²) in [7, 11) is 0. The zero-order valence-corrected chi connectivity index (χ0v) is 13.7. The van der Waals surface area contributed by atoms with Gasteiger partial charge in [-0.3, -0.25) is 19.9 Å². The van der Waals surface area contributed by atoms with Crippen molar-refractivity contribution in [2.24, 2.45) is 5.10 Å². The van der Waals surface area contributed by atoms with Gasteiger partial charge in [0.25, 0.3) is 5.91 Å². The summed E-state index contributed by atoms with van der Waals surface area (Å²) in [6.45, 7) is 0.723. The number of hydrazone groups is 1. The average molecular weight is 360 g/mol. The predicted octanol–water partition coefficient (Wildman–Crippen LogP) is 1.03. The van der Waals surface area contributed by atoms with Gasteiger partial charge in [-0.1, -0.05) is 12.1 Å². The van der Waals surface area contributed by atoms with E-state index in [1.807, 2.05) is 0 Å². The molecule has 0 spiro atoms.